The molecule has 130 valence electrons. The predicted molar refractivity (Wildman–Crippen MR) is 108 cm³/mol. The molecule has 0 bridgehead atoms. The molecule has 0 N–H and O–H groups in total. The van der Waals surface area contributed by atoms with Gasteiger partial charge in [-0.15, -0.1) is 0 Å². The molecule has 0 heterocycles. The van der Waals surface area contributed by atoms with Crippen LogP contribution in [-0.2, 0) is 8.37 Å². The molecule has 0 amide bonds. The van der Waals surface area contributed by atoms with E-state index >= 15 is 0 Å². The lowest BCUT2D eigenvalue weighted by atomic mass is 10.1. The van der Waals surface area contributed by atoms with Crippen LogP contribution in [0.5, 0.6) is 0 Å². The zero-order chi connectivity index (χ0) is 16.5. The second-order valence-electron chi connectivity index (χ2n) is 3.93. The largest absolute Gasteiger partial charge is 0.311 e. The average Bonchev–Trinajstić information content (AvgIpc) is 2.49. The third-order valence-corrected chi connectivity index (χ3v) is 8.44. The number of rotatable bonds is 13. The van der Waals surface area contributed by atoms with Gasteiger partial charge in [0.05, 0.1) is 38.3 Å². The molecule has 0 unspecified atom stereocenters. The molecule has 0 saturated carbocycles. The third kappa shape index (κ3) is 17.7. The monoisotopic (exact) mass is 422 g/mol. The Hall–Kier alpha value is 1.36. The first-order chi connectivity index (χ1) is 10.7. The maximum Gasteiger partial charge on any atom is 0.283 e. The Kier molecular flexibility index (Phi) is 19.9. The summed E-state index contributed by atoms with van der Waals surface area (Å²) in [5, 5.41) is 0. The van der Waals surface area contributed by atoms with E-state index in [0.717, 1.165) is 48.4 Å². The van der Waals surface area contributed by atoms with Crippen LogP contribution in [0.4, 0.5) is 9.59 Å². The van der Waals surface area contributed by atoms with Gasteiger partial charge in [0.2, 0.25) is 0 Å². The molecule has 0 aliphatic heterocycles. The Morgan fingerprint density at radius 3 is 1.41 bits per heavy atom. The van der Waals surface area contributed by atoms with Crippen LogP contribution in [0.3, 0.4) is 0 Å². The number of hydrogen-bond acceptors (Lipinski definition) is 10. The van der Waals surface area contributed by atoms with Gasteiger partial charge in [0, 0.05) is 11.5 Å². The predicted octanol–water partition coefficient (Wildman–Crippen LogP) is 6.92. The van der Waals surface area contributed by atoms with Crippen molar-refractivity contribution in [2.24, 2.45) is 0 Å². The smallest absolute Gasteiger partial charge is 0.283 e. The van der Waals surface area contributed by atoms with Crippen LogP contribution in [0.15, 0.2) is 0 Å². The summed E-state index contributed by atoms with van der Waals surface area (Å²) in [6, 6.07) is 0. The Balaban J connectivity index is 3.11. The van der Waals surface area contributed by atoms with Crippen LogP contribution in [0.25, 0.3) is 0 Å². The van der Waals surface area contributed by atoms with Crippen molar-refractivity contribution in [2.75, 3.05) is 25.7 Å². The number of unbranched alkanes of at least 4 members (excludes halogenated alkanes) is 5. The van der Waals surface area contributed by atoms with E-state index in [9.17, 15) is 9.59 Å². The Morgan fingerprint density at radius 1 is 0.682 bits per heavy atom. The highest BCUT2D eigenvalue weighted by Gasteiger charge is 2.04. The zero-order valence-electron chi connectivity index (χ0n) is 12.7. The minimum atomic E-state index is 0.00486. The minimum absolute atomic E-state index is 0.00486. The lowest BCUT2D eigenvalue weighted by molar-refractivity contribution is 0.274. The van der Waals surface area contributed by atoms with Crippen LogP contribution in [0, 0.1) is 0 Å². The fourth-order valence-electron chi connectivity index (χ4n) is 1.37. The molecule has 0 aliphatic rings. The van der Waals surface area contributed by atoms with E-state index in [4.69, 9.17) is 0 Å². The first kappa shape index (κ1) is 23.4. The summed E-state index contributed by atoms with van der Waals surface area (Å²) in [5.74, 6) is 2.01. The van der Waals surface area contributed by atoms with Crippen molar-refractivity contribution in [3.05, 3.63) is 0 Å². The van der Waals surface area contributed by atoms with Gasteiger partial charge in [-0.2, -0.15) is 0 Å². The summed E-state index contributed by atoms with van der Waals surface area (Å²) in [6.07, 6.45) is 7.20. The quantitative estimate of drug-likeness (QED) is 0.177. The van der Waals surface area contributed by atoms with E-state index in [1.165, 1.54) is 61.5 Å². The summed E-state index contributed by atoms with van der Waals surface area (Å²) < 4.78 is 9.38. The van der Waals surface area contributed by atoms with Gasteiger partial charge in [0.25, 0.3) is 8.89 Å². The maximum absolute atomic E-state index is 11.1. The molecule has 0 spiro atoms. The minimum Gasteiger partial charge on any atom is -0.311 e. The van der Waals surface area contributed by atoms with E-state index in [1.54, 1.807) is 21.6 Å². The van der Waals surface area contributed by atoms with Gasteiger partial charge in [-0.05, 0) is 34.4 Å². The van der Waals surface area contributed by atoms with E-state index < -0.39 is 0 Å². The first-order valence-electron chi connectivity index (χ1n) is 6.79. The first-order valence-corrected chi connectivity index (χ1v) is 12.9. The molecule has 0 aromatic rings. The van der Waals surface area contributed by atoms with Crippen molar-refractivity contribution in [3.63, 3.8) is 0 Å². The molecule has 0 atom stereocenters. The van der Waals surface area contributed by atoms with Gasteiger partial charge in [-0.3, -0.25) is 9.59 Å². The van der Waals surface area contributed by atoms with Crippen LogP contribution in [0.2, 0.25) is 0 Å². The summed E-state index contributed by atoms with van der Waals surface area (Å²) in [6.45, 7) is 0. The average molecular weight is 423 g/mol. The summed E-state index contributed by atoms with van der Waals surface area (Å²) in [4.78, 5) is 22.3. The van der Waals surface area contributed by atoms with Crippen LogP contribution in [0.1, 0.15) is 38.5 Å². The van der Waals surface area contributed by atoms with Crippen molar-refractivity contribution < 1.29 is 18.0 Å². The lowest BCUT2D eigenvalue weighted by Crippen LogP contribution is -1.85. The number of carbonyl (C=O) groups is 2. The molecular weight excluding hydrogens is 401 g/mol. The standard InChI is InChI=1S/C12H22O4S6/c1-15-19-11(13)21-17-9-7-5-3-4-6-8-10-18-22-12(14)20-16-2/h3-10H2,1-2H3. The molecule has 0 saturated heterocycles. The maximum atomic E-state index is 11.1. The Labute approximate surface area is 157 Å². The van der Waals surface area contributed by atoms with Gasteiger partial charge >= 0.3 is 0 Å². The second-order valence-corrected chi connectivity index (χ2v) is 11.0. The number of carbonyl (C=O) groups excluding carboxylic acids is 2. The van der Waals surface area contributed by atoms with Crippen molar-refractivity contribution in [1.82, 2.24) is 0 Å². The van der Waals surface area contributed by atoms with E-state index in [0.29, 0.717) is 0 Å². The molecule has 4 nitrogen and oxygen atoms in total. The highest BCUT2D eigenvalue weighted by Crippen LogP contribution is 2.30. The molecular formula is C12H22O4S6. The van der Waals surface area contributed by atoms with Crippen LogP contribution >= 0.6 is 67.3 Å². The van der Waals surface area contributed by atoms with Crippen molar-refractivity contribution >= 4 is 76.2 Å². The fraction of sp³-hybridized carbons (Fsp3) is 0.833. The SMILES string of the molecule is COSC(=O)SSCCCCCCCCSSC(=O)SOC. The molecule has 22 heavy (non-hydrogen) atoms. The van der Waals surface area contributed by atoms with Crippen LogP contribution in [-0.4, -0.2) is 34.6 Å². The zero-order valence-corrected chi connectivity index (χ0v) is 17.6. The third-order valence-electron chi connectivity index (χ3n) is 2.26. The van der Waals surface area contributed by atoms with Crippen molar-refractivity contribution in [1.29, 1.82) is 0 Å². The highest BCUT2D eigenvalue weighted by atomic mass is 33.1. The van der Waals surface area contributed by atoms with Gasteiger partial charge in [0.1, 0.15) is 0 Å². The topological polar surface area (TPSA) is 52.6 Å². The van der Waals surface area contributed by atoms with Gasteiger partial charge < -0.3 is 8.37 Å². The van der Waals surface area contributed by atoms with Crippen LogP contribution < -0.4 is 0 Å². The molecule has 0 aromatic carbocycles. The van der Waals surface area contributed by atoms with Gasteiger partial charge in [-0.25, -0.2) is 0 Å². The normalized spacial score (nSPS) is 10.8. The molecule has 0 rings (SSSR count). The molecule has 0 aliphatic carbocycles. The summed E-state index contributed by atoms with van der Waals surface area (Å²) >= 11 is 1.77. The highest BCUT2D eigenvalue weighted by molar-refractivity contribution is 8.86. The van der Waals surface area contributed by atoms with E-state index in [1.807, 2.05) is 0 Å². The second kappa shape index (κ2) is 18.7. The lowest BCUT2D eigenvalue weighted by Gasteiger charge is -2.02. The molecule has 0 fully saturated rings. The Bertz CT molecular complexity index is 265. The molecule has 10 heteroatoms. The summed E-state index contributed by atoms with van der Waals surface area (Å²) in [7, 11) is 8.71. The molecule has 0 aromatic heterocycles. The van der Waals surface area contributed by atoms with Gasteiger partial charge in [-0.1, -0.05) is 47.3 Å². The van der Waals surface area contributed by atoms with Crippen molar-refractivity contribution in [3.8, 4) is 0 Å². The fourth-order valence-corrected chi connectivity index (χ4v) is 6.43. The molecule has 0 radical (unpaired) electrons. The Morgan fingerprint density at radius 2 is 1.05 bits per heavy atom. The number of hydrogen-bond donors (Lipinski definition) is 0. The van der Waals surface area contributed by atoms with Crippen molar-refractivity contribution in [2.45, 2.75) is 38.5 Å². The van der Waals surface area contributed by atoms with E-state index in [-0.39, 0.29) is 8.89 Å². The van der Waals surface area contributed by atoms with Gasteiger partial charge in [0.15, 0.2) is 0 Å². The van der Waals surface area contributed by atoms with E-state index in [2.05, 4.69) is 8.37 Å². The summed E-state index contributed by atoms with van der Waals surface area (Å²) in [5.41, 5.74) is 0.